The first kappa shape index (κ1) is 17.8. The van der Waals surface area contributed by atoms with Gasteiger partial charge >= 0.3 is 0 Å². The zero-order valence-electron chi connectivity index (χ0n) is 15.8. The van der Waals surface area contributed by atoms with Crippen LogP contribution in [0.4, 0.5) is 0 Å². The lowest BCUT2D eigenvalue weighted by molar-refractivity contribution is 0.0922. The number of rotatable bonds is 6. The normalized spacial score (nSPS) is 12.2. The van der Waals surface area contributed by atoms with Gasteiger partial charge in [-0.05, 0) is 31.9 Å². The summed E-state index contributed by atoms with van der Waals surface area (Å²) in [5, 5.41) is 11.1. The topological polar surface area (TPSA) is 90.0 Å². The number of carbonyl (C=O) groups excluding carboxylic acids is 1. The van der Waals surface area contributed by atoms with Gasteiger partial charge in [0.25, 0.3) is 11.7 Å². The van der Waals surface area contributed by atoms with Gasteiger partial charge in [0, 0.05) is 30.8 Å². The number of hydrogen-bond donors (Lipinski definition) is 1. The zero-order valence-corrected chi connectivity index (χ0v) is 15.8. The fourth-order valence-electron chi connectivity index (χ4n) is 3.17. The quantitative estimate of drug-likeness (QED) is 0.559. The van der Waals surface area contributed by atoms with Crippen LogP contribution in [0.1, 0.15) is 40.2 Å². The molecule has 1 amide bonds. The van der Waals surface area contributed by atoms with Crippen LogP contribution < -0.4 is 5.32 Å². The summed E-state index contributed by atoms with van der Waals surface area (Å²) in [5.41, 5.74) is 1.86. The van der Waals surface area contributed by atoms with Crippen molar-refractivity contribution in [2.45, 2.75) is 32.9 Å². The Morgan fingerprint density at radius 2 is 1.93 bits per heavy atom. The molecular weight excluding hydrogens is 354 g/mol. The second-order valence-electron chi connectivity index (χ2n) is 6.66. The standard InChI is InChI=1S/C20H21N7O/c1-14-8-12-27-18(24-25-20(27)22-14)19(28)23-17(16-6-4-3-5-7-16)9-11-26-13-10-21-15(26)2/h3-8,10,12-13,17H,9,11H2,1-2H3,(H,23,28)/t17-/m0/s1. The van der Waals surface area contributed by atoms with Crippen LogP contribution in [-0.2, 0) is 6.54 Å². The molecule has 1 aromatic carbocycles. The average molecular weight is 375 g/mol. The van der Waals surface area contributed by atoms with E-state index < -0.39 is 0 Å². The maximum absolute atomic E-state index is 12.9. The van der Waals surface area contributed by atoms with E-state index in [9.17, 15) is 4.79 Å². The third kappa shape index (κ3) is 3.62. The highest BCUT2D eigenvalue weighted by Crippen LogP contribution is 2.19. The Morgan fingerprint density at radius 3 is 2.68 bits per heavy atom. The molecule has 8 nitrogen and oxygen atoms in total. The number of amides is 1. The van der Waals surface area contributed by atoms with Gasteiger partial charge in [-0.25, -0.2) is 9.97 Å². The van der Waals surface area contributed by atoms with E-state index in [1.807, 2.05) is 56.4 Å². The van der Waals surface area contributed by atoms with E-state index in [1.54, 1.807) is 16.8 Å². The molecule has 142 valence electrons. The molecule has 0 aliphatic heterocycles. The van der Waals surface area contributed by atoms with Gasteiger partial charge < -0.3 is 9.88 Å². The number of aromatic nitrogens is 6. The molecule has 0 aliphatic rings. The Kier molecular flexibility index (Phi) is 4.84. The maximum Gasteiger partial charge on any atom is 0.290 e. The maximum atomic E-state index is 12.9. The summed E-state index contributed by atoms with van der Waals surface area (Å²) < 4.78 is 3.67. The summed E-state index contributed by atoms with van der Waals surface area (Å²) in [6.07, 6.45) is 6.21. The number of aryl methyl sites for hydroxylation is 3. The molecule has 28 heavy (non-hydrogen) atoms. The first-order valence-corrected chi connectivity index (χ1v) is 9.14. The van der Waals surface area contributed by atoms with E-state index in [0.717, 1.165) is 30.0 Å². The van der Waals surface area contributed by atoms with Crippen molar-refractivity contribution in [3.05, 3.63) is 77.9 Å². The molecule has 0 unspecified atom stereocenters. The van der Waals surface area contributed by atoms with Gasteiger partial charge in [0.05, 0.1) is 6.04 Å². The Labute approximate surface area is 162 Å². The lowest BCUT2D eigenvalue weighted by Gasteiger charge is -2.19. The Hall–Kier alpha value is -3.55. The Morgan fingerprint density at radius 1 is 1.11 bits per heavy atom. The minimum absolute atomic E-state index is 0.166. The fraction of sp³-hybridized carbons (Fsp3) is 0.250. The van der Waals surface area contributed by atoms with E-state index in [2.05, 4.69) is 30.0 Å². The predicted octanol–water partition coefficient (Wildman–Crippen LogP) is 2.50. The van der Waals surface area contributed by atoms with Crippen LogP contribution >= 0.6 is 0 Å². The molecule has 4 rings (SSSR count). The van der Waals surface area contributed by atoms with Crippen molar-refractivity contribution in [2.75, 3.05) is 0 Å². The molecule has 0 saturated heterocycles. The monoisotopic (exact) mass is 375 g/mol. The number of carbonyl (C=O) groups is 1. The number of benzene rings is 1. The van der Waals surface area contributed by atoms with E-state index in [4.69, 9.17) is 0 Å². The van der Waals surface area contributed by atoms with Crippen LogP contribution in [0.5, 0.6) is 0 Å². The van der Waals surface area contributed by atoms with Crippen LogP contribution in [-0.4, -0.2) is 35.0 Å². The van der Waals surface area contributed by atoms with Crippen molar-refractivity contribution in [1.82, 2.24) is 34.4 Å². The minimum atomic E-state index is -0.283. The summed E-state index contributed by atoms with van der Waals surface area (Å²) >= 11 is 0. The highest BCUT2D eigenvalue weighted by molar-refractivity contribution is 5.91. The van der Waals surface area contributed by atoms with Crippen molar-refractivity contribution in [3.63, 3.8) is 0 Å². The summed E-state index contributed by atoms with van der Waals surface area (Å²) in [6, 6.07) is 11.6. The highest BCUT2D eigenvalue weighted by Gasteiger charge is 2.20. The molecule has 1 atom stereocenters. The summed E-state index contributed by atoms with van der Waals surface area (Å²) in [5.74, 6) is 1.30. The molecule has 3 aromatic heterocycles. The van der Waals surface area contributed by atoms with Crippen molar-refractivity contribution >= 4 is 11.7 Å². The van der Waals surface area contributed by atoms with Crippen molar-refractivity contribution in [1.29, 1.82) is 0 Å². The van der Waals surface area contributed by atoms with E-state index in [0.29, 0.717) is 5.78 Å². The largest absolute Gasteiger partial charge is 0.342 e. The summed E-state index contributed by atoms with van der Waals surface area (Å²) in [6.45, 7) is 4.58. The number of hydrogen-bond acceptors (Lipinski definition) is 5. The van der Waals surface area contributed by atoms with Gasteiger partial charge in [0.2, 0.25) is 5.82 Å². The average Bonchev–Trinajstić information content (AvgIpc) is 3.31. The predicted molar refractivity (Wildman–Crippen MR) is 104 cm³/mol. The molecule has 0 aliphatic carbocycles. The van der Waals surface area contributed by atoms with Gasteiger partial charge in [-0.1, -0.05) is 30.3 Å². The first-order valence-electron chi connectivity index (χ1n) is 9.14. The molecule has 0 spiro atoms. The molecular formula is C20H21N7O. The second-order valence-corrected chi connectivity index (χ2v) is 6.66. The van der Waals surface area contributed by atoms with Crippen molar-refractivity contribution < 1.29 is 4.79 Å². The third-order valence-electron chi connectivity index (χ3n) is 4.71. The van der Waals surface area contributed by atoms with Crippen LogP contribution in [0.2, 0.25) is 0 Å². The SMILES string of the molecule is Cc1ccn2c(C(=O)N[C@@H](CCn3ccnc3C)c3ccccc3)nnc2n1. The number of imidazole rings is 1. The molecule has 3 heterocycles. The van der Waals surface area contributed by atoms with E-state index in [-0.39, 0.29) is 17.8 Å². The molecule has 0 saturated carbocycles. The van der Waals surface area contributed by atoms with Gasteiger partial charge in [-0.2, -0.15) is 0 Å². The smallest absolute Gasteiger partial charge is 0.290 e. The van der Waals surface area contributed by atoms with Crippen LogP contribution in [0, 0.1) is 13.8 Å². The van der Waals surface area contributed by atoms with E-state index >= 15 is 0 Å². The van der Waals surface area contributed by atoms with Gasteiger partial charge in [-0.3, -0.25) is 9.20 Å². The molecule has 1 N–H and O–H groups in total. The Balaban J connectivity index is 1.57. The highest BCUT2D eigenvalue weighted by atomic mass is 16.2. The molecule has 0 radical (unpaired) electrons. The lowest BCUT2D eigenvalue weighted by atomic mass is 10.0. The van der Waals surface area contributed by atoms with E-state index in [1.165, 1.54) is 0 Å². The molecule has 0 bridgehead atoms. The van der Waals surface area contributed by atoms with Crippen LogP contribution in [0.3, 0.4) is 0 Å². The summed E-state index contributed by atoms with van der Waals surface area (Å²) in [4.78, 5) is 21.5. The number of fused-ring (bicyclic) bond motifs is 1. The van der Waals surface area contributed by atoms with Gasteiger partial charge in [-0.15, -0.1) is 10.2 Å². The molecule has 4 aromatic rings. The fourth-order valence-corrected chi connectivity index (χ4v) is 3.17. The van der Waals surface area contributed by atoms with Crippen LogP contribution in [0.25, 0.3) is 5.78 Å². The molecule has 8 heteroatoms. The first-order chi connectivity index (χ1) is 13.6. The molecule has 0 fully saturated rings. The minimum Gasteiger partial charge on any atom is -0.342 e. The van der Waals surface area contributed by atoms with Gasteiger partial charge in [0.15, 0.2) is 0 Å². The zero-order chi connectivity index (χ0) is 19.5. The van der Waals surface area contributed by atoms with Crippen molar-refractivity contribution in [3.8, 4) is 0 Å². The lowest BCUT2D eigenvalue weighted by Crippen LogP contribution is -2.31. The number of nitrogens with one attached hydrogen (secondary N) is 1. The number of nitrogens with zero attached hydrogens (tertiary/aromatic N) is 6. The van der Waals surface area contributed by atoms with Crippen molar-refractivity contribution in [2.24, 2.45) is 0 Å². The van der Waals surface area contributed by atoms with Gasteiger partial charge in [0.1, 0.15) is 5.82 Å². The summed E-state index contributed by atoms with van der Waals surface area (Å²) in [7, 11) is 0. The third-order valence-corrected chi connectivity index (χ3v) is 4.71. The van der Waals surface area contributed by atoms with Crippen LogP contribution in [0.15, 0.2) is 55.0 Å². The Bertz CT molecular complexity index is 1100. The second kappa shape index (κ2) is 7.59.